The van der Waals surface area contributed by atoms with Gasteiger partial charge in [-0.05, 0) is 43.5 Å². The van der Waals surface area contributed by atoms with Crippen molar-refractivity contribution in [2.24, 2.45) is 0 Å². The van der Waals surface area contributed by atoms with Crippen LogP contribution >= 0.6 is 15.9 Å². The van der Waals surface area contributed by atoms with E-state index in [1.807, 2.05) is 22.9 Å². The number of hydrogen-bond acceptors (Lipinski definition) is 2. The van der Waals surface area contributed by atoms with Crippen molar-refractivity contribution in [2.45, 2.75) is 39.7 Å². The fourth-order valence-corrected chi connectivity index (χ4v) is 2.81. The Kier molecular flexibility index (Phi) is 4.42. The van der Waals surface area contributed by atoms with Gasteiger partial charge in [-0.2, -0.15) is 5.10 Å². The maximum absolute atomic E-state index is 9.66. The summed E-state index contributed by atoms with van der Waals surface area (Å²) >= 11 is 3.51. The van der Waals surface area contributed by atoms with Crippen LogP contribution in [-0.4, -0.2) is 14.9 Å². The molecule has 1 aromatic heterocycles. The molecule has 0 radical (unpaired) electrons. The van der Waals surface area contributed by atoms with E-state index in [0.717, 1.165) is 34.3 Å². The van der Waals surface area contributed by atoms with Crippen LogP contribution < -0.4 is 0 Å². The van der Waals surface area contributed by atoms with Crippen LogP contribution in [0.1, 0.15) is 43.8 Å². The average Bonchev–Trinajstić information content (AvgIpc) is 2.81. The quantitative estimate of drug-likeness (QED) is 0.929. The Morgan fingerprint density at radius 2 is 2.00 bits per heavy atom. The highest BCUT2D eigenvalue weighted by Gasteiger charge is 2.11. The van der Waals surface area contributed by atoms with Crippen molar-refractivity contribution in [1.29, 1.82) is 0 Å². The molecule has 1 atom stereocenters. The molecule has 1 unspecified atom stereocenters. The summed E-state index contributed by atoms with van der Waals surface area (Å²) in [5, 5.41) is 14.3. The molecule has 102 valence electrons. The van der Waals surface area contributed by atoms with E-state index < -0.39 is 6.10 Å². The highest BCUT2D eigenvalue weighted by molar-refractivity contribution is 9.10. The number of aromatic nitrogens is 2. The predicted octanol–water partition coefficient (Wildman–Crippen LogP) is 3.81. The number of hydrogen-bond donors (Lipinski definition) is 1. The zero-order valence-electron chi connectivity index (χ0n) is 11.5. The first kappa shape index (κ1) is 14.3. The second-order valence-electron chi connectivity index (χ2n) is 4.63. The summed E-state index contributed by atoms with van der Waals surface area (Å²) in [6, 6.07) is 8.10. The first-order valence-corrected chi connectivity index (χ1v) is 7.41. The molecule has 0 bridgehead atoms. The Morgan fingerprint density at radius 1 is 1.26 bits per heavy atom. The van der Waals surface area contributed by atoms with E-state index in [2.05, 4.69) is 40.9 Å². The molecule has 0 saturated heterocycles. The number of aryl methyl sites for hydroxylation is 2. The van der Waals surface area contributed by atoms with Crippen molar-refractivity contribution in [3.05, 3.63) is 45.7 Å². The maximum Gasteiger partial charge on any atom is 0.0772 e. The molecule has 0 aliphatic rings. The first-order valence-electron chi connectivity index (χ1n) is 6.62. The lowest BCUT2D eigenvalue weighted by atomic mass is 10.1. The van der Waals surface area contributed by atoms with Crippen LogP contribution in [0.25, 0.3) is 5.69 Å². The molecule has 0 spiro atoms. The van der Waals surface area contributed by atoms with E-state index in [0.29, 0.717) is 0 Å². The van der Waals surface area contributed by atoms with Gasteiger partial charge in [0.15, 0.2) is 0 Å². The molecule has 1 aromatic carbocycles. The normalized spacial score (nSPS) is 12.7. The third kappa shape index (κ3) is 2.90. The number of rotatable bonds is 4. The minimum atomic E-state index is -0.474. The standard InChI is InChI=1S/C15H19BrN2O/c1-4-11-8-12(5-2)18(17-11)13-6-7-14(10(3)19)15(16)9-13/h6-10,19H,4-5H2,1-3H3. The van der Waals surface area contributed by atoms with Crippen LogP contribution in [0, 0.1) is 0 Å². The minimum absolute atomic E-state index is 0.474. The van der Waals surface area contributed by atoms with Crippen LogP contribution in [0.2, 0.25) is 0 Å². The van der Waals surface area contributed by atoms with E-state index in [-0.39, 0.29) is 0 Å². The van der Waals surface area contributed by atoms with Gasteiger partial charge in [0.1, 0.15) is 0 Å². The van der Waals surface area contributed by atoms with Crippen LogP contribution in [0.3, 0.4) is 0 Å². The zero-order valence-corrected chi connectivity index (χ0v) is 13.1. The molecule has 2 rings (SSSR count). The van der Waals surface area contributed by atoms with Crippen LogP contribution in [0.15, 0.2) is 28.7 Å². The molecule has 0 fully saturated rings. The third-order valence-electron chi connectivity index (χ3n) is 3.24. The van der Waals surface area contributed by atoms with Crippen LogP contribution in [0.5, 0.6) is 0 Å². The van der Waals surface area contributed by atoms with Crippen molar-refractivity contribution in [3.8, 4) is 5.69 Å². The molecule has 1 heterocycles. The maximum atomic E-state index is 9.66. The summed E-state index contributed by atoms with van der Waals surface area (Å²) in [6.07, 6.45) is 1.41. The summed E-state index contributed by atoms with van der Waals surface area (Å²) in [5.74, 6) is 0. The van der Waals surface area contributed by atoms with Crippen molar-refractivity contribution < 1.29 is 5.11 Å². The molecule has 0 saturated carbocycles. The lowest BCUT2D eigenvalue weighted by Crippen LogP contribution is -2.03. The molecule has 4 heteroatoms. The summed E-state index contributed by atoms with van der Waals surface area (Å²) in [5.41, 5.74) is 4.22. The van der Waals surface area contributed by atoms with Gasteiger partial charge in [0.05, 0.1) is 17.5 Å². The molecule has 0 aliphatic heterocycles. The van der Waals surface area contributed by atoms with E-state index in [1.165, 1.54) is 5.69 Å². The Morgan fingerprint density at radius 3 is 2.53 bits per heavy atom. The second kappa shape index (κ2) is 5.88. The summed E-state index contributed by atoms with van der Waals surface area (Å²) in [6.45, 7) is 6.01. The first-order chi connectivity index (χ1) is 9.06. The van der Waals surface area contributed by atoms with Gasteiger partial charge in [0.25, 0.3) is 0 Å². The number of benzene rings is 1. The van der Waals surface area contributed by atoms with Crippen LogP contribution in [-0.2, 0) is 12.8 Å². The van der Waals surface area contributed by atoms with Gasteiger partial charge < -0.3 is 5.11 Å². The molecular weight excluding hydrogens is 304 g/mol. The predicted molar refractivity (Wildman–Crippen MR) is 80.7 cm³/mol. The Hall–Kier alpha value is -1.13. The van der Waals surface area contributed by atoms with Crippen molar-refractivity contribution in [3.63, 3.8) is 0 Å². The van der Waals surface area contributed by atoms with E-state index >= 15 is 0 Å². The van der Waals surface area contributed by atoms with Crippen molar-refractivity contribution in [1.82, 2.24) is 9.78 Å². The molecule has 2 aromatic rings. The molecule has 0 amide bonds. The minimum Gasteiger partial charge on any atom is -0.389 e. The SMILES string of the molecule is CCc1cc(CC)n(-c2ccc(C(C)O)c(Br)c2)n1. The van der Waals surface area contributed by atoms with Crippen LogP contribution in [0.4, 0.5) is 0 Å². The summed E-state index contributed by atoms with van der Waals surface area (Å²) in [4.78, 5) is 0. The van der Waals surface area contributed by atoms with E-state index in [4.69, 9.17) is 0 Å². The highest BCUT2D eigenvalue weighted by Crippen LogP contribution is 2.26. The lowest BCUT2D eigenvalue weighted by Gasteiger charge is -2.11. The highest BCUT2D eigenvalue weighted by atomic mass is 79.9. The molecule has 1 N–H and O–H groups in total. The number of aliphatic hydroxyl groups is 1. The molecule has 0 aliphatic carbocycles. The van der Waals surface area contributed by atoms with Gasteiger partial charge in [-0.3, -0.25) is 0 Å². The van der Waals surface area contributed by atoms with Gasteiger partial charge >= 0.3 is 0 Å². The Labute approximate surface area is 122 Å². The van der Waals surface area contributed by atoms with Gasteiger partial charge in [0, 0.05) is 10.2 Å². The number of aliphatic hydroxyl groups excluding tert-OH is 1. The molecule has 3 nitrogen and oxygen atoms in total. The fraction of sp³-hybridized carbons (Fsp3) is 0.400. The zero-order chi connectivity index (χ0) is 14.0. The fourth-order valence-electron chi connectivity index (χ4n) is 2.11. The number of nitrogens with zero attached hydrogens (tertiary/aromatic N) is 2. The molecular formula is C15H19BrN2O. The van der Waals surface area contributed by atoms with Gasteiger partial charge in [-0.1, -0.05) is 35.8 Å². The van der Waals surface area contributed by atoms with Crippen molar-refractivity contribution in [2.75, 3.05) is 0 Å². The summed E-state index contributed by atoms with van der Waals surface area (Å²) < 4.78 is 2.89. The third-order valence-corrected chi connectivity index (χ3v) is 3.92. The monoisotopic (exact) mass is 322 g/mol. The van der Waals surface area contributed by atoms with Gasteiger partial charge in [-0.15, -0.1) is 0 Å². The van der Waals surface area contributed by atoms with Gasteiger partial charge in [0.2, 0.25) is 0 Å². The lowest BCUT2D eigenvalue weighted by molar-refractivity contribution is 0.198. The van der Waals surface area contributed by atoms with Gasteiger partial charge in [-0.25, -0.2) is 4.68 Å². The smallest absolute Gasteiger partial charge is 0.0772 e. The van der Waals surface area contributed by atoms with E-state index in [1.54, 1.807) is 6.92 Å². The second-order valence-corrected chi connectivity index (χ2v) is 5.48. The largest absolute Gasteiger partial charge is 0.389 e. The Bertz CT molecular complexity index is 576. The average molecular weight is 323 g/mol. The van der Waals surface area contributed by atoms with Crippen molar-refractivity contribution >= 4 is 15.9 Å². The summed E-state index contributed by atoms with van der Waals surface area (Å²) in [7, 11) is 0. The molecule has 19 heavy (non-hydrogen) atoms. The Balaban J connectivity index is 2.47. The van der Waals surface area contributed by atoms with E-state index in [9.17, 15) is 5.11 Å². The number of halogens is 1. The topological polar surface area (TPSA) is 38.0 Å².